The van der Waals surface area contributed by atoms with Crippen LogP contribution in [0.15, 0.2) is 82.7 Å². The van der Waals surface area contributed by atoms with Crippen molar-refractivity contribution >= 4 is 54.9 Å². The number of allylic oxidation sites excluding steroid dienone is 1. The fourth-order valence-corrected chi connectivity index (χ4v) is 5.73. The molecule has 4 aromatic rings. The fraction of sp³-hybridized carbons (Fsp3) is 0.0400. The third-order valence-corrected chi connectivity index (χ3v) is 7.72. The van der Waals surface area contributed by atoms with Crippen molar-refractivity contribution in [1.29, 1.82) is 5.26 Å². The zero-order valence-electron chi connectivity index (χ0n) is 16.8. The van der Waals surface area contributed by atoms with Gasteiger partial charge in [0.05, 0.1) is 10.9 Å². The molecule has 1 aliphatic rings. The molecule has 2 N–H and O–H groups in total. The third kappa shape index (κ3) is 3.76. The summed E-state index contributed by atoms with van der Waals surface area (Å²) in [4.78, 5) is 13.2. The monoisotopic (exact) mass is 536 g/mol. The van der Waals surface area contributed by atoms with E-state index in [0.29, 0.717) is 21.2 Å². The topological polar surface area (TPSA) is 85.3 Å². The Morgan fingerprint density at radius 1 is 1.12 bits per heavy atom. The highest BCUT2D eigenvalue weighted by molar-refractivity contribution is 9.10. The van der Waals surface area contributed by atoms with Gasteiger partial charge in [-0.15, -0.1) is 11.3 Å². The van der Waals surface area contributed by atoms with Gasteiger partial charge in [0.25, 0.3) is 0 Å². The van der Waals surface area contributed by atoms with Gasteiger partial charge in [-0.25, -0.2) is 4.79 Å². The molecule has 3 aromatic carbocycles. The summed E-state index contributed by atoms with van der Waals surface area (Å²) in [5.41, 5.74) is 8.02. The summed E-state index contributed by atoms with van der Waals surface area (Å²) in [5, 5.41) is 10.9. The average molecular weight is 538 g/mol. The molecular weight excluding hydrogens is 524 g/mol. The standard InChI is InChI=1S/C25H14BrClN2O3S/c26-18-7-3-1-5-14(18)21-15-10-9-13(11-19(15)32-24(29)17(21)12-28)31-25(30)23-22(27)16-6-2-4-8-20(16)33-23/h1-11,21H,29H2. The number of carbonyl (C=O) groups excluding carboxylic acids is 1. The second-order valence-electron chi connectivity index (χ2n) is 7.28. The number of esters is 1. The molecule has 1 aliphatic heterocycles. The number of thiophene rings is 1. The SMILES string of the molecule is N#CC1=C(N)Oc2cc(OC(=O)c3sc4ccccc4c3Cl)ccc2C1c1ccccc1Br. The lowest BCUT2D eigenvalue weighted by molar-refractivity contribution is 0.0740. The van der Waals surface area contributed by atoms with Crippen LogP contribution in [0, 0.1) is 11.3 Å². The Labute approximate surface area is 206 Å². The minimum absolute atomic E-state index is 0.0155. The van der Waals surface area contributed by atoms with E-state index < -0.39 is 11.9 Å². The van der Waals surface area contributed by atoms with E-state index >= 15 is 0 Å². The summed E-state index contributed by atoms with van der Waals surface area (Å²) in [5.74, 6) is -0.259. The molecule has 0 fully saturated rings. The highest BCUT2D eigenvalue weighted by atomic mass is 79.9. The number of carbonyl (C=O) groups is 1. The van der Waals surface area contributed by atoms with Crippen LogP contribution in [0.1, 0.15) is 26.7 Å². The van der Waals surface area contributed by atoms with E-state index in [1.165, 1.54) is 11.3 Å². The highest BCUT2D eigenvalue weighted by Crippen LogP contribution is 2.45. The predicted molar refractivity (Wildman–Crippen MR) is 132 cm³/mol. The Bertz CT molecular complexity index is 1510. The van der Waals surface area contributed by atoms with E-state index in [-0.39, 0.29) is 11.6 Å². The maximum absolute atomic E-state index is 12.8. The van der Waals surface area contributed by atoms with Crippen molar-refractivity contribution in [3.8, 4) is 17.6 Å². The molecule has 0 spiro atoms. The normalized spacial score (nSPS) is 15.0. The van der Waals surface area contributed by atoms with Crippen LogP contribution in [-0.4, -0.2) is 5.97 Å². The summed E-state index contributed by atoms with van der Waals surface area (Å²) in [6.45, 7) is 0. The van der Waals surface area contributed by atoms with Crippen molar-refractivity contribution < 1.29 is 14.3 Å². The molecule has 0 amide bonds. The molecule has 8 heteroatoms. The Morgan fingerprint density at radius 2 is 1.88 bits per heavy atom. The first-order valence-corrected chi connectivity index (χ1v) is 11.8. The van der Waals surface area contributed by atoms with Crippen LogP contribution in [0.3, 0.4) is 0 Å². The van der Waals surface area contributed by atoms with Gasteiger partial charge in [-0.1, -0.05) is 70.0 Å². The van der Waals surface area contributed by atoms with Gasteiger partial charge in [0.15, 0.2) is 0 Å². The number of nitrogens with zero attached hydrogens (tertiary/aromatic N) is 1. The first kappa shape index (κ1) is 21.5. The summed E-state index contributed by atoms with van der Waals surface area (Å²) in [7, 11) is 0. The van der Waals surface area contributed by atoms with Crippen molar-refractivity contribution in [1.82, 2.24) is 0 Å². The molecule has 2 heterocycles. The van der Waals surface area contributed by atoms with Crippen LogP contribution in [0.2, 0.25) is 5.02 Å². The highest BCUT2D eigenvalue weighted by Gasteiger charge is 2.32. The molecule has 5 rings (SSSR count). The molecule has 1 aromatic heterocycles. The Kier molecular flexibility index (Phi) is 5.59. The molecular formula is C25H14BrClN2O3S. The van der Waals surface area contributed by atoms with E-state index in [9.17, 15) is 10.1 Å². The van der Waals surface area contributed by atoms with E-state index in [1.54, 1.807) is 18.2 Å². The predicted octanol–water partition coefficient (Wildman–Crippen LogP) is 6.75. The lowest BCUT2D eigenvalue weighted by atomic mass is 9.83. The largest absolute Gasteiger partial charge is 0.440 e. The van der Waals surface area contributed by atoms with Crippen LogP contribution < -0.4 is 15.2 Å². The number of rotatable bonds is 3. The van der Waals surface area contributed by atoms with E-state index in [0.717, 1.165) is 25.7 Å². The van der Waals surface area contributed by atoms with Crippen molar-refractivity contribution in [3.05, 3.63) is 104 Å². The molecule has 1 atom stereocenters. The molecule has 0 bridgehead atoms. The maximum Gasteiger partial charge on any atom is 0.355 e. The second kappa shape index (κ2) is 8.56. The van der Waals surface area contributed by atoms with Gasteiger partial charge in [-0.2, -0.15) is 5.26 Å². The lowest BCUT2D eigenvalue weighted by Gasteiger charge is -2.27. The van der Waals surface area contributed by atoms with Gasteiger partial charge in [0, 0.05) is 26.2 Å². The number of hydrogen-bond acceptors (Lipinski definition) is 6. The van der Waals surface area contributed by atoms with Gasteiger partial charge in [-0.05, 0) is 23.8 Å². The molecule has 0 saturated heterocycles. The van der Waals surface area contributed by atoms with Crippen LogP contribution in [0.25, 0.3) is 10.1 Å². The molecule has 0 aliphatic carbocycles. The van der Waals surface area contributed by atoms with E-state index in [1.807, 2.05) is 48.5 Å². The van der Waals surface area contributed by atoms with E-state index in [4.69, 9.17) is 26.8 Å². The lowest BCUT2D eigenvalue weighted by Crippen LogP contribution is -2.21. The Balaban J connectivity index is 1.51. The van der Waals surface area contributed by atoms with Crippen molar-refractivity contribution in [3.63, 3.8) is 0 Å². The van der Waals surface area contributed by atoms with Gasteiger partial charge < -0.3 is 15.2 Å². The van der Waals surface area contributed by atoms with Gasteiger partial charge in [0.1, 0.15) is 28.0 Å². The molecule has 5 nitrogen and oxygen atoms in total. The van der Waals surface area contributed by atoms with Crippen LogP contribution in [-0.2, 0) is 0 Å². The molecule has 1 unspecified atom stereocenters. The van der Waals surface area contributed by atoms with Gasteiger partial charge in [-0.3, -0.25) is 0 Å². The number of benzene rings is 3. The van der Waals surface area contributed by atoms with Crippen LogP contribution in [0.4, 0.5) is 0 Å². The summed E-state index contributed by atoms with van der Waals surface area (Å²) < 4.78 is 13.1. The number of halogens is 2. The van der Waals surface area contributed by atoms with Crippen molar-refractivity contribution in [2.45, 2.75) is 5.92 Å². The number of hydrogen-bond donors (Lipinski definition) is 1. The van der Waals surface area contributed by atoms with Crippen LogP contribution >= 0.6 is 38.9 Å². The van der Waals surface area contributed by atoms with Gasteiger partial charge >= 0.3 is 5.97 Å². The molecule has 33 heavy (non-hydrogen) atoms. The number of fused-ring (bicyclic) bond motifs is 2. The first-order chi connectivity index (χ1) is 16.0. The number of nitrogens with two attached hydrogens (primary N) is 1. The van der Waals surface area contributed by atoms with Crippen molar-refractivity contribution in [2.75, 3.05) is 0 Å². The fourth-order valence-electron chi connectivity index (χ4n) is 3.83. The smallest absolute Gasteiger partial charge is 0.355 e. The average Bonchev–Trinajstić information content (AvgIpc) is 3.15. The minimum atomic E-state index is -0.555. The minimum Gasteiger partial charge on any atom is -0.440 e. The molecule has 0 saturated carbocycles. The third-order valence-electron chi connectivity index (χ3n) is 5.34. The number of nitriles is 1. The van der Waals surface area contributed by atoms with Gasteiger partial charge in [0.2, 0.25) is 5.88 Å². The number of ether oxygens (including phenoxy) is 2. The Morgan fingerprint density at radius 3 is 2.64 bits per heavy atom. The zero-order chi connectivity index (χ0) is 23.1. The quantitative estimate of drug-likeness (QED) is 0.231. The van der Waals surface area contributed by atoms with E-state index in [2.05, 4.69) is 22.0 Å². The maximum atomic E-state index is 12.8. The Hall–Kier alpha value is -3.31. The van der Waals surface area contributed by atoms with Crippen LogP contribution in [0.5, 0.6) is 11.5 Å². The van der Waals surface area contributed by atoms with Crippen molar-refractivity contribution in [2.24, 2.45) is 5.73 Å². The summed E-state index contributed by atoms with van der Waals surface area (Å²) >= 11 is 11.3. The second-order valence-corrected chi connectivity index (χ2v) is 9.56. The first-order valence-electron chi connectivity index (χ1n) is 9.83. The molecule has 162 valence electrons. The molecule has 0 radical (unpaired) electrons. The summed E-state index contributed by atoms with van der Waals surface area (Å²) in [6, 6.07) is 22.3. The summed E-state index contributed by atoms with van der Waals surface area (Å²) in [6.07, 6.45) is 0. The zero-order valence-corrected chi connectivity index (χ0v) is 20.0.